The third-order valence-electron chi connectivity index (χ3n) is 4.97. The average Bonchev–Trinajstić information content (AvgIpc) is 3.11. The normalized spacial score (nSPS) is 22.3. The Balaban J connectivity index is 1.46. The molecule has 2 fully saturated rings. The summed E-state index contributed by atoms with van der Waals surface area (Å²) in [5, 5.41) is 7.50. The van der Waals surface area contributed by atoms with Crippen LogP contribution >= 0.6 is 0 Å². The van der Waals surface area contributed by atoms with E-state index in [9.17, 15) is 4.39 Å². The number of rotatable bonds is 4. The smallest absolute Gasteiger partial charge is 0.225 e. The van der Waals surface area contributed by atoms with Gasteiger partial charge >= 0.3 is 0 Å². The Morgan fingerprint density at radius 3 is 2.76 bits per heavy atom. The van der Waals surface area contributed by atoms with E-state index in [2.05, 4.69) is 30.0 Å². The molecule has 1 atom stereocenters. The highest BCUT2D eigenvalue weighted by Crippen LogP contribution is 2.30. The molecule has 0 spiro atoms. The molecule has 4 heterocycles. The van der Waals surface area contributed by atoms with Crippen molar-refractivity contribution < 1.29 is 9.13 Å². The third kappa shape index (κ3) is 3.80. The second-order valence-corrected chi connectivity index (χ2v) is 6.68. The Morgan fingerprint density at radius 1 is 1.16 bits per heavy atom. The van der Waals surface area contributed by atoms with E-state index in [1.165, 1.54) is 23.7 Å². The van der Waals surface area contributed by atoms with Crippen LogP contribution in [0.1, 0.15) is 30.0 Å². The van der Waals surface area contributed by atoms with Crippen molar-refractivity contribution in [3.8, 4) is 0 Å². The summed E-state index contributed by atoms with van der Waals surface area (Å²) in [4.78, 5) is 12.8. The highest BCUT2D eigenvalue weighted by Gasteiger charge is 2.26. The van der Waals surface area contributed by atoms with Crippen molar-refractivity contribution in [3.05, 3.63) is 35.7 Å². The van der Waals surface area contributed by atoms with E-state index in [0.717, 1.165) is 58.8 Å². The summed E-state index contributed by atoms with van der Waals surface area (Å²) in [5.74, 6) is 0.556. The number of morpholine rings is 1. The van der Waals surface area contributed by atoms with Gasteiger partial charge in [0.05, 0.1) is 31.8 Å². The number of aromatic nitrogens is 4. The summed E-state index contributed by atoms with van der Waals surface area (Å²) in [6.45, 7) is 6.14. The Labute approximate surface area is 146 Å². The van der Waals surface area contributed by atoms with Gasteiger partial charge in [-0.05, 0) is 12.8 Å². The van der Waals surface area contributed by atoms with E-state index in [1.54, 1.807) is 0 Å². The van der Waals surface area contributed by atoms with Crippen LogP contribution in [0.25, 0.3) is 0 Å². The number of aromatic amines is 1. The molecule has 2 aliphatic rings. The largest absolute Gasteiger partial charge is 0.379 e. The number of H-pyrrole nitrogens is 1. The zero-order valence-electron chi connectivity index (χ0n) is 14.2. The van der Waals surface area contributed by atoms with Crippen LogP contribution in [0.4, 0.5) is 10.3 Å². The first-order valence-electron chi connectivity index (χ1n) is 8.84. The van der Waals surface area contributed by atoms with E-state index in [0.29, 0.717) is 11.9 Å². The molecule has 134 valence electrons. The number of hydrogen-bond donors (Lipinski definition) is 1. The third-order valence-corrected chi connectivity index (χ3v) is 4.97. The lowest BCUT2D eigenvalue weighted by Gasteiger charge is -2.33. The lowest BCUT2D eigenvalue weighted by molar-refractivity contribution is 0.0340. The standard InChI is InChI=1S/C17H23FN6O/c18-15-9-19-17(20-10-15)24-3-1-2-13(12-24)16-14(8-21-22-16)11-23-4-6-25-7-5-23/h8-10,13H,1-7,11-12H2,(H,21,22)/t13-/m1/s1. The molecule has 0 amide bonds. The molecule has 0 saturated carbocycles. The van der Waals surface area contributed by atoms with Gasteiger partial charge in [0.1, 0.15) is 0 Å². The Hall–Kier alpha value is -2.06. The number of ether oxygens (including phenoxy) is 1. The minimum Gasteiger partial charge on any atom is -0.379 e. The monoisotopic (exact) mass is 346 g/mol. The zero-order valence-corrected chi connectivity index (χ0v) is 14.2. The quantitative estimate of drug-likeness (QED) is 0.906. The fourth-order valence-corrected chi connectivity index (χ4v) is 3.66. The number of nitrogens with zero attached hydrogens (tertiary/aromatic N) is 5. The van der Waals surface area contributed by atoms with E-state index < -0.39 is 5.82 Å². The van der Waals surface area contributed by atoms with Crippen LogP contribution in [0.2, 0.25) is 0 Å². The fraction of sp³-hybridized carbons (Fsp3) is 0.588. The highest BCUT2D eigenvalue weighted by atomic mass is 19.1. The van der Waals surface area contributed by atoms with Gasteiger partial charge in [0, 0.05) is 49.9 Å². The first kappa shape index (κ1) is 16.4. The maximum absolute atomic E-state index is 13.1. The molecule has 1 N–H and O–H groups in total. The molecule has 2 aromatic heterocycles. The Bertz CT molecular complexity index is 685. The molecule has 7 nitrogen and oxygen atoms in total. The first-order valence-corrected chi connectivity index (χ1v) is 8.84. The van der Waals surface area contributed by atoms with Crippen LogP contribution < -0.4 is 4.90 Å². The maximum atomic E-state index is 13.1. The molecule has 0 unspecified atom stereocenters. The molecule has 0 radical (unpaired) electrons. The Morgan fingerprint density at radius 2 is 1.96 bits per heavy atom. The van der Waals surface area contributed by atoms with E-state index in [1.807, 2.05) is 6.20 Å². The van der Waals surface area contributed by atoms with Gasteiger partial charge in [-0.1, -0.05) is 0 Å². The molecule has 25 heavy (non-hydrogen) atoms. The predicted octanol–water partition coefficient (Wildman–Crippen LogP) is 1.55. The van der Waals surface area contributed by atoms with E-state index in [-0.39, 0.29) is 0 Å². The number of piperidine rings is 1. The summed E-state index contributed by atoms with van der Waals surface area (Å²) < 4.78 is 18.5. The van der Waals surface area contributed by atoms with Crippen molar-refractivity contribution >= 4 is 5.95 Å². The summed E-state index contributed by atoms with van der Waals surface area (Å²) in [5.41, 5.74) is 2.46. The lowest BCUT2D eigenvalue weighted by Crippen LogP contribution is -2.37. The topological polar surface area (TPSA) is 70.2 Å². The number of hydrogen-bond acceptors (Lipinski definition) is 6. The molecule has 2 aliphatic heterocycles. The van der Waals surface area contributed by atoms with Gasteiger partial charge in [0.25, 0.3) is 0 Å². The molecule has 0 bridgehead atoms. The van der Waals surface area contributed by atoms with Gasteiger partial charge in [-0.2, -0.15) is 5.10 Å². The molecule has 4 rings (SSSR count). The van der Waals surface area contributed by atoms with Gasteiger partial charge in [-0.3, -0.25) is 10.00 Å². The highest BCUT2D eigenvalue weighted by molar-refractivity contribution is 5.33. The van der Waals surface area contributed by atoms with Gasteiger partial charge in [0.15, 0.2) is 5.82 Å². The SMILES string of the molecule is Fc1cnc(N2CCC[C@@H](c3[nH]ncc3CN3CCOCC3)C2)nc1. The van der Waals surface area contributed by atoms with Crippen LogP contribution in [0.15, 0.2) is 18.6 Å². The van der Waals surface area contributed by atoms with Crippen LogP contribution in [-0.2, 0) is 11.3 Å². The maximum Gasteiger partial charge on any atom is 0.225 e. The van der Waals surface area contributed by atoms with Crippen molar-refractivity contribution in [1.82, 2.24) is 25.1 Å². The Kier molecular flexibility index (Phi) is 4.89. The first-order chi connectivity index (χ1) is 12.3. The van der Waals surface area contributed by atoms with Crippen LogP contribution in [0, 0.1) is 5.82 Å². The molecule has 0 aliphatic carbocycles. The summed E-state index contributed by atoms with van der Waals surface area (Å²) >= 11 is 0. The predicted molar refractivity (Wildman–Crippen MR) is 90.9 cm³/mol. The van der Waals surface area contributed by atoms with Crippen molar-refractivity contribution in [2.45, 2.75) is 25.3 Å². The van der Waals surface area contributed by atoms with Crippen molar-refractivity contribution in [2.75, 3.05) is 44.3 Å². The number of nitrogens with one attached hydrogen (secondary N) is 1. The summed E-state index contributed by atoms with van der Waals surface area (Å²) in [7, 11) is 0. The van der Waals surface area contributed by atoms with Crippen LogP contribution in [0.3, 0.4) is 0 Å². The van der Waals surface area contributed by atoms with Crippen molar-refractivity contribution in [3.63, 3.8) is 0 Å². The zero-order chi connectivity index (χ0) is 17.1. The fourth-order valence-electron chi connectivity index (χ4n) is 3.66. The molecule has 2 saturated heterocycles. The molecule has 0 aromatic carbocycles. The molecular formula is C17H23FN6O. The second-order valence-electron chi connectivity index (χ2n) is 6.68. The summed E-state index contributed by atoms with van der Waals surface area (Å²) in [6, 6.07) is 0. The van der Waals surface area contributed by atoms with Crippen LogP contribution in [0.5, 0.6) is 0 Å². The molecule has 8 heteroatoms. The molecular weight excluding hydrogens is 323 g/mol. The minimum atomic E-state index is -0.404. The van der Waals surface area contributed by atoms with Gasteiger partial charge in [-0.15, -0.1) is 0 Å². The van der Waals surface area contributed by atoms with Gasteiger partial charge in [-0.25, -0.2) is 14.4 Å². The van der Waals surface area contributed by atoms with Crippen LogP contribution in [-0.4, -0.2) is 64.5 Å². The minimum absolute atomic E-state index is 0.362. The molecule has 2 aromatic rings. The lowest BCUT2D eigenvalue weighted by atomic mass is 9.92. The second kappa shape index (κ2) is 7.45. The van der Waals surface area contributed by atoms with Gasteiger partial charge < -0.3 is 9.64 Å². The van der Waals surface area contributed by atoms with E-state index >= 15 is 0 Å². The number of anilines is 1. The van der Waals surface area contributed by atoms with E-state index in [4.69, 9.17) is 4.74 Å². The van der Waals surface area contributed by atoms with Crippen molar-refractivity contribution in [2.24, 2.45) is 0 Å². The number of halogens is 1. The average molecular weight is 346 g/mol. The summed E-state index contributed by atoms with van der Waals surface area (Å²) in [6.07, 6.45) is 6.56. The van der Waals surface area contributed by atoms with Crippen molar-refractivity contribution in [1.29, 1.82) is 0 Å². The van der Waals surface area contributed by atoms with Gasteiger partial charge in [0.2, 0.25) is 5.95 Å².